The molecule has 1 aromatic carbocycles. The molecule has 2 rings (SSSR count). The summed E-state index contributed by atoms with van der Waals surface area (Å²) >= 11 is 0. The van der Waals surface area contributed by atoms with Crippen LogP contribution in [0.15, 0.2) is 24.3 Å². The Hall–Kier alpha value is -1.10. The van der Waals surface area contributed by atoms with Crippen LogP contribution in [-0.2, 0) is 0 Å². The van der Waals surface area contributed by atoms with Crippen molar-refractivity contribution in [2.24, 2.45) is 11.7 Å². The fourth-order valence-electron chi connectivity index (χ4n) is 2.19. The summed E-state index contributed by atoms with van der Waals surface area (Å²) < 4.78 is 5.80. The zero-order valence-electron chi connectivity index (χ0n) is 10.9. The lowest BCUT2D eigenvalue weighted by Gasteiger charge is -2.23. The maximum Gasteiger partial charge on any atom is 0.180 e. The van der Waals surface area contributed by atoms with E-state index in [1.54, 1.807) is 6.07 Å². The fourth-order valence-corrected chi connectivity index (χ4v) is 2.19. The Bertz CT molecular complexity index is 406. The minimum absolute atomic E-state index is 0. The summed E-state index contributed by atoms with van der Waals surface area (Å²) in [5.41, 5.74) is 5.99. The molecule has 0 saturated carbocycles. The van der Waals surface area contributed by atoms with Crippen LogP contribution in [0.2, 0.25) is 0 Å². The van der Waals surface area contributed by atoms with E-state index in [1.165, 1.54) is 0 Å². The highest BCUT2D eigenvalue weighted by Crippen LogP contribution is 2.20. The van der Waals surface area contributed by atoms with Gasteiger partial charge in [-0.15, -0.1) is 12.4 Å². The van der Waals surface area contributed by atoms with E-state index in [9.17, 15) is 4.79 Å². The molecule has 0 amide bonds. The topological polar surface area (TPSA) is 64.4 Å². The van der Waals surface area contributed by atoms with Gasteiger partial charge in [-0.1, -0.05) is 12.1 Å². The lowest BCUT2D eigenvalue weighted by molar-refractivity contribution is 0.0995. The Morgan fingerprint density at radius 2 is 2.00 bits per heavy atom. The number of piperidine rings is 1. The monoisotopic (exact) mass is 284 g/mol. The Balaban J connectivity index is 0.00000180. The van der Waals surface area contributed by atoms with E-state index in [0.717, 1.165) is 25.9 Å². The number of benzene rings is 1. The van der Waals surface area contributed by atoms with Crippen molar-refractivity contribution in [2.45, 2.75) is 12.8 Å². The zero-order valence-corrected chi connectivity index (χ0v) is 11.7. The summed E-state index contributed by atoms with van der Waals surface area (Å²) in [5.74, 6) is 1.16. The normalized spacial score (nSPS) is 15.6. The van der Waals surface area contributed by atoms with Crippen LogP contribution in [0.25, 0.3) is 0 Å². The fraction of sp³-hybridized carbons (Fsp3) is 0.500. The SMILES string of the molecule is Cl.NCC(=O)c1ccccc1OCC1CCNCC1. The summed E-state index contributed by atoms with van der Waals surface area (Å²) in [6.45, 7) is 2.80. The lowest BCUT2D eigenvalue weighted by Crippen LogP contribution is -2.30. The molecule has 0 unspecified atom stereocenters. The predicted molar refractivity (Wildman–Crippen MR) is 78.2 cm³/mol. The molecule has 0 atom stereocenters. The van der Waals surface area contributed by atoms with Crippen molar-refractivity contribution in [1.29, 1.82) is 0 Å². The van der Waals surface area contributed by atoms with Gasteiger partial charge in [0.1, 0.15) is 5.75 Å². The third-order valence-corrected chi connectivity index (χ3v) is 3.31. The van der Waals surface area contributed by atoms with Gasteiger partial charge in [-0.2, -0.15) is 0 Å². The first-order valence-electron chi connectivity index (χ1n) is 6.47. The summed E-state index contributed by atoms with van der Waals surface area (Å²) in [4.78, 5) is 11.7. The van der Waals surface area contributed by atoms with Crippen LogP contribution in [0.5, 0.6) is 5.75 Å². The second kappa shape index (κ2) is 8.15. The molecule has 3 N–H and O–H groups in total. The number of ketones is 1. The van der Waals surface area contributed by atoms with E-state index < -0.39 is 0 Å². The van der Waals surface area contributed by atoms with Crippen LogP contribution in [0, 0.1) is 5.92 Å². The number of Topliss-reactive ketones (excluding diaryl/α,β-unsaturated/α-hetero) is 1. The molecular formula is C14H21ClN2O2. The van der Waals surface area contributed by atoms with Crippen molar-refractivity contribution in [1.82, 2.24) is 5.32 Å². The van der Waals surface area contributed by atoms with Gasteiger partial charge in [0.2, 0.25) is 0 Å². The van der Waals surface area contributed by atoms with Crippen molar-refractivity contribution in [3.05, 3.63) is 29.8 Å². The largest absolute Gasteiger partial charge is 0.493 e. The number of halogens is 1. The average molecular weight is 285 g/mol. The van der Waals surface area contributed by atoms with E-state index in [-0.39, 0.29) is 24.7 Å². The van der Waals surface area contributed by atoms with Crippen LogP contribution >= 0.6 is 12.4 Å². The van der Waals surface area contributed by atoms with Gasteiger partial charge in [0.15, 0.2) is 5.78 Å². The Labute approximate surface area is 120 Å². The minimum atomic E-state index is -0.0732. The number of hydrogen-bond acceptors (Lipinski definition) is 4. The van der Waals surface area contributed by atoms with Gasteiger partial charge in [0.05, 0.1) is 18.7 Å². The summed E-state index contributed by atoms with van der Waals surface area (Å²) in [5, 5.41) is 3.33. The molecule has 1 aliphatic heterocycles. The molecule has 1 aromatic rings. The van der Waals surface area contributed by atoms with Gasteiger partial charge in [0.25, 0.3) is 0 Å². The average Bonchev–Trinajstić information content (AvgIpc) is 2.45. The molecule has 1 fully saturated rings. The maximum absolute atomic E-state index is 11.7. The van der Waals surface area contributed by atoms with Gasteiger partial charge in [-0.05, 0) is 44.0 Å². The smallest absolute Gasteiger partial charge is 0.180 e. The molecule has 1 aliphatic rings. The van der Waals surface area contributed by atoms with Crippen LogP contribution in [0.3, 0.4) is 0 Å². The molecule has 5 heteroatoms. The second-order valence-corrected chi connectivity index (χ2v) is 4.63. The van der Waals surface area contributed by atoms with Crippen molar-refractivity contribution in [3.63, 3.8) is 0 Å². The molecule has 0 aromatic heterocycles. The maximum atomic E-state index is 11.7. The highest BCUT2D eigenvalue weighted by Gasteiger charge is 2.15. The number of carbonyl (C=O) groups excluding carboxylic acids is 1. The first kappa shape index (κ1) is 16.0. The molecule has 1 saturated heterocycles. The molecular weight excluding hydrogens is 264 g/mol. The molecule has 0 bridgehead atoms. The van der Waals surface area contributed by atoms with E-state index in [2.05, 4.69) is 5.32 Å². The Kier molecular flexibility index (Phi) is 6.84. The van der Waals surface area contributed by atoms with Crippen molar-refractivity contribution >= 4 is 18.2 Å². The molecule has 4 nitrogen and oxygen atoms in total. The lowest BCUT2D eigenvalue weighted by atomic mass is 9.99. The third kappa shape index (κ3) is 4.49. The molecule has 0 radical (unpaired) electrons. The van der Waals surface area contributed by atoms with Crippen LogP contribution in [-0.4, -0.2) is 32.0 Å². The quantitative estimate of drug-likeness (QED) is 0.807. The number of nitrogens with two attached hydrogens (primary N) is 1. The van der Waals surface area contributed by atoms with Crippen molar-refractivity contribution < 1.29 is 9.53 Å². The zero-order chi connectivity index (χ0) is 12.8. The van der Waals surface area contributed by atoms with Crippen molar-refractivity contribution in [2.75, 3.05) is 26.2 Å². The molecule has 1 heterocycles. The first-order chi connectivity index (χ1) is 8.81. The molecule has 0 spiro atoms. The van der Waals surface area contributed by atoms with Gasteiger partial charge in [-0.3, -0.25) is 4.79 Å². The Morgan fingerprint density at radius 1 is 1.32 bits per heavy atom. The number of ether oxygens (including phenoxy) is 1. The highest BCUT2D eigenvalue weighted by atomic mass is 35.5. The van der Waals surface area contributed by atoms with Crippen molar-refractivity contribution in [3.8, 4) is 5.75 Å². The van der Waals surface area contributed by atoms with E-state index in [4.69, 9.17) is 10.5 Å². The third-order valence-electron chi connectivity index (χ3n) is 3.31. The van der Waals surface area contributed by atoms with Gasteiger partial charge >= 0.3 is 0 Å². The summed E-state index contributed by atoms with van der Waals surface area (Å²) in [6, 6.07) is 7.32. The van der Waals surface area contributed by atoms with Crippen LogP contribution in [0.1, 0.15) is 23.2 Å². The number of hydrogen-bond donors (Lipinski definition) is 2. The molecule has 19 heavy (non-hydrogen) atoms. The molecule has 0 aliphatic carbocycles. The second-order valence-electron chi connectivity index (χ2n) is 4.63. The van der Waals surface area contributed by atoms with E-state index in [0.29, 0.717) is 23.8 Å². The van der Waals surface area contributed by atoms with Crippen LogP contribution < -0.4 is 15.8 Å². The van der Waals surface area contributed by atoms with Crippen LogP contribution in [0.4, 0.5) is 0 Å². The first-order valence-corrected chi connectivity index (χ1v) is 6.47. The summed E-state index contributed by atoms with van der Waals surface area (Å²) in [6.07, 6.45) is 2.26. The van der Waals surface area contributed by atoms with Gasteiger partial charge in [-0.25, -0.2) is 0 Å². The van der Waals surface area contributed by atoms with E-state index in [1.807, 2.05) is 18.2 Å². The van der Waals surface area contributed by atoms with Gasteiger partial charge in [0, 0.05) is 0 Å². The number of carbonyl (C=O) groups is 1. The number of nitrogens with one attached hydrogen (secondary N) is 1. The molecule has 106 valence electrons. The van der Waals surface area contributed by atoms with Gasteiger partial charge < -0.3 is 15.8 Å². The minimum Gasteiger partial charge on any atom is -0.493 e. The highest BCUT2D eigenvalue weighted by molar-refractivity contribution is 5.99. The standard InChI is InChI=1S/C14H20N2O2.ClH/c15-9-13(17)12-3-1-2-4-14(12)18-10-11-5-7-16-8-6-11;/h1-4,11,16H,5-10,15H2;1H. The van der Waals surface area contributed by atoms with E-state index >= 15 is 0 Å². The number of para-hydroxylation sites is 1. The summed E-state index contributed by atoms with van der Waals surface area (Å²) in [7, 11) is 0. The predicted octanol–water partition coefficient (Wildman–Crippen LogP) is 1.63. The Morgan fingerprint density at radius 3 is 2.68 bits per heavy atom. The number of rotatable bonds is 5.